The molecule has 0 aromatic heterocycles. The monoisotopic (exact) mass is 480 g/mol. The maximum Gasteiger partial charge on any atom is 0.166 e. The van der Waals surface area contributed by atoms with Crippen molar-refractivity contribution in [2.45, 2.75) is 110 Å². The number of aryl methyl sites for hydroxylation is 2. The van der Waals surface area contributed by atoms with E-state index in [1.165, 1.54) is 83.5 Å². The summed E-state index contributed by atoms with van der Waals surface area (Å²) in [6, 6.07) is 7.78. The molecular weight excluding hydrogens is 434 g/mol. The van der Waals surface area contributed by atoms with E-state index in [2.05, 4.69) is 19.6 Å². The molecule has 2 aliphatic rings. The van der Waals surface area contributed by atoms with Gasteiger partial charge in [-0.2, -0.15) is 0 Å². The Labute approximate surface area is 212 Å². The second-order valence-electron chi connectivity index (χ2n) is 11.6. The van der Waals surface area contributed by atoms with Gasteiger partial charge in [0.25, 0.3) is 0 Å². The van der Waals surface area contributed by atoms with E-state index in [0.717, 1.165) is 41.0 Å². The molecule has 2 aliphatic carbocycles. The SMILES string of the molecule is C=CCCc1cc2ccc(CCC3CCC(C4CCC(CCCCC)CC4)CC3)cc2c(F)c1F. The molecule has 0 unspecified atom stereocenters. The van der Waals surface area contributed by atoms with Crippen LogP contribution in [-0.4, -0.2) is 0 Å². The van der Waals surface area contributed by atoms with Gasteiger partial charge in [-0.1, -0.05) is 76.5 Å². The van der Waals surface area contributed by atoms with E-state index in [1.54, 1.807) is 12.1 Å². The van der Waals surface area contributed by atoms with Crippen LogP contribution in [0.2, 0.25) is 0 Å². The van der Waals surface area contributed by atoms with Gasteiger partial charge in [0, 0.05) is 5.39 Å². The van der Waals surface area contributed by atoms with E-state index in [0.29, 0.717) is 23.8 Å². The smallest absolute Gasteiger partial charge is 0.166 e. The zero-order valence-electron chi connectivity index (χ0n) is 22.0. The van der Waals surface area contributed by atoms with Crippen LogP contribution in [0.3, 0.4) is 0 Å². The van der Waals surface area contributed by atoms with Crippen molar-refractivity contribution in [2.24, 2.45) is 23.7 Å². The third kappa shape index (κ3) is 6.95. The van der Waals surface area contributed by atoms with Crippen LogP contribution in [0.5, 0.6) is 0 Å². The number of benzene rings is 2. The molecule has 0 saturated heterocycles. The van der Waals surface area contributed by atoms with E-state index in [9.17, 15) is 8.78 Å². The zero-order chi connectivity index (χ0) is 24.6. The highest BCUT2D eigenvalue weighted by molar-refractivity contribution is 5.84. The van der Waals surface area contributed by atoms with Crippen LogP contribution in [0.15, 0.2) is 36.9 Å². The number of rotatable bonds is 11. The van der Waals surface area contributed by atoms with E-state index >= 15 is 0 Å². The summed E-state index contributed by atoms with van der Waals surface area (Å²) in [5, 5.41) is 1.23. The minimum atomic E-state index is -0.691. The molecule has 2 fully saturated rings. The van der Waals surface area contributed by atoms with Gasteiger partial charge in [0.05, 0.1) is 0 Å². The first-order valence-electron chi connectivity index (χ1n) is 14.6. The van der Waals surface area contributed by atoms with Gasteiger partial charge in [-0.3, -0.25) is 0 Å². The normalized spacial score (nSPS) is 25.1. The Bertz CT molecular complexity index is 945. The van der Waals surface area contributed by atoms with Crippen LogP contribution >= 0.6 is 0 Å². The Morgan fingerprint density at radius 2 is 1.46 bits per heavy atom. The predicted octanol–water partition coefficient (Wildman–Crippen LogP) is 10.4. The Hall–Kier alpha value is -1.70. The zero-order valence-corrected chi connectivity index (χ0v) is 22.0. The summed E-state index contributed by atoms with van der Waals surface area (Å²) >= 11 is 0. The van der Waals surface area contributed by atoms with Crippen molar-refractivity contribution in [3.05, 3.63) is 59.7 Å². The molecule has 0 bridgehead atoms. The minimum Gasteiger partial charge on any atom is -0.203 e. The molecule has 0 heterocycles. The number of unbranched alkanes of at least 4 members (excludes halogenated alkanes) is 2. The molecule has 4 rings (SSSR count). The molecule has 0 aliphatic heterocycles. The van der Waals surface area contributed by atoms with Crippen LogP contribution in [0, 0.1) is 35.3 Å². The summed E-state index contributed by atoms with van der Waals surface area (Å²) in [7, 11) is 0. The highest BCUT2D eigenvalue weighted by Gasteiger charge is 2.30. The molecule has 2 aromatic carbocycles. The summed E-state index contributed by atoms with van der Waals surface area (Å²) in [4.78, 5) is 0. The topological polar surface area (TPSA) is 0 Å². The van der Waals surface area contributed by atoms with Gasteiger partial charge >= 0.3 is 0 Å². The quantitative estimate of drug-likeness (QED) is 0.222. The van der Waals surface area contributed by atoms with Crippen molar-refractivity contribution in [3.8, 4) is 0 Å². The van der Waals surface area contributed by atoms with E-state index in [1.807, 2.05) is 12.1 Å². The minimum absolute atomic E-state index is 0.427. The molecule has 0 nitrogen and oxygen atoms in total. The number of fused-ring (bicyclic) bond motifs is 1. The number of hydrogen-bond donors (Lipinski definition) is 0. The van der Waals surface area contributed by atoms with Gasteiger partial charge in [-0.15, -0.1) is 6.58 Å². The summed E-state index contributed by atoms with van der Waals surface area (Å²) in [6.07, 6.45) is 22.1. The van der Waals surface area contributed by atoms with E-state index in [-0.39, 0.29) is 0 Å². The fraction of sp³-hybridized carbons (Fsp3) is 0.636. The van der Waals surface area contributed by atoms with Gasteiger partial charge in [-0.25, -0.2) is 8.78 Å². The number of hydrogen-bond acceptors (Lipinski definition) is 0. The summed E-state index contributed by atoms with van der Waals surface area (Å²) in [5.41, 5.74) is 1.59. The molecule has 0 atom stereocenters. The van der Waals surface area contributed by atoms with Crippen LogP contribution in [0.4, 0.5) is 8.78 Å². The average Bonchev–Trinajstić information content (AvgIpc) is 2.90. The van der Waals surface area contributed by atoms with Gasteiger partial charge in [0.15, 0.2) is 11.6 Å². The maximum absolute atomic E-state index is 14.8. The lowest BCUT2D eigenvalue weighted by Crippen LogP contribution is -2.26. The van der Waals surface area contributed by atoms with Crippen LogP contribution in [0.25, 0.3) is 10.8 Å². The Balaban J connectivity index is 1.24. The van der Waals surface area contributed by atoms with E-state index < -0.39 is 11.6 Å². The third-order valence-electron chi connectivity index (χ3n) is 9.28. The van der Waals surface area contributed by atoms with Crippen molar-refractivity contribution in [1.29, 1.82) is 0 Å². The van der Waals surface area contributed by atoms with Gasteiger partial charge < -0.3 is 0 Å². The van der Waals surface area contributed by atoms with Crippen LogP contribution in [-0.2, 0) is 12.8 Å². The molecule has 2 saturated carbocycles. The lowest BCUT2D eigenvalue weighted by atomic mass is 9.68. The standard InChI is InChI=1S/C33H46F2/c1-3-5-7-8-24-12-17-27(18-13-24)28-19-14-25(15-20-28)10-11-26-16-21-29-23-30(9-6-4-2)32(34)33(35)31(29)22-26/h4,16,21-25,27-28H,2-3,5-15,17-20H2,1H3. The van der Waals surface area contributed by atoms with Crippen LogP contribution < -0.4 is 0 Å². The van der Waals surface area contributed by atoms with Gasteiger partial charge in [-0.05, 0) is 104 Å². The largest absolute Gasteiger partial charge is 0.203 e. The highest BCUT2D eigenvalue weighted by atomic mass is 19.2. The maximum atomic E-state index is 14.8. The summed E-state index contributed by atoms with van der Waals surface area (Å²) in [5.74, 6) is 2.35. The lowest BCUT2D eigenvalue weighted by Gasteiger charge is -2.38. The van der Waals surface area contributed by atoms with Gasteiger partial charge in [0.1, 0.15) is 0 Å². The average molecular weight is 481 g/mol. The molecule has 0 radical (unpaired) electrons. The molecule has 192 valence electrons. The molecule has 2 heteroatoms. The van der Waals surface area contributed by atoms with Gasteiger partial charge in [0.2, 0.25) is 0 Å². The predicted molar refractivity (Wildman–Crippen MR) is 146 cm³/mol. The lowest BCUT2D eigenvalue weighted by molar-refractivity contribution is 0.140. The Kier molecular flexibility index (Phi) is 9.81. The van der Waals surface area contributed by atoms with Crippen molar-refractivity contribution >= 4 is 10.8 Å². The van der Waals surface area contributed by atoms with Crippen molar-refractivity contribution in [3.63, 3.8) is 0 Å². The number of allylic oxidation sites excluding steroid dienone is 1. The molecule has 0 amide bonds. The first-order chi connectivity index (χ1) is 17.1. The second-order valence-corrected chi connectivity index (χ2v) is 11.6. The fourth-order valence-electron chi connectivity index (χ4n) is 6.98. The highest BCUT2D eigenvalue weighted by Crippen LogP contribution is 2.43. The first-order valence-corrected chi connectivity index (χ1v) is 14.6. The number of halogens is 2. The van der Waals surface area contributed by atoms with E-state index in [4.69, 9.17) is 0 Å². The fourth-order valence-corrected chi connectivity index (χ4v) is 6.98. The molecular formula is C33H46F2. The molecule has 35 heavy (non-hydrogen) atoms. The second kappa shape index (κ2) is 13.0. The van der Waals surface area contributed by atoms with Crippen LogP contribution in [0.1, 0.15) is 108 Å². The van der Waals surface area contributed by atoms with Crippen molar-refractivity contribution in [1.82, 2.24) is 0 Å². The van der Waals surface area contributed by atoms with Crippen molar-refractivity contribution in [2.75, 3.05) is 0 Å². The summed E-state index contributed by atoms with van der Waals surface area (Å²) < 4.78 is 29.3. The Morgan fingerprint density at radius 3 is 2.09 bits per heavy atom. The molecule has 0 N–H and O–H groups in total. The molecule has 2 aromatic rings. The van der Waals surface area contributed by atoms with Crippen molar-refractivity contribution < 1.29 is 8.78 Å². The summed E-state index contributed by atoms with van der Waals surface area (Å²) in [6.45, 7) is 5.99. The first kappa shape index (κ1) is 26.4. The Morgan fingerprint density at radius 1 is 0.800 bits per heavy atom. The molecule has 0 spiro atoms. The third-order valence-corrected chi connectivity index (χ3v) is 9.28.